The van der Waals surface area contributed by atoms with Crippen molar-refractivity contribution < 1.29 is 9.13 Å². The van der Waals surface area contributed by atoms with Gasteiger partial charge in [-0.25, -0.2) is 14.4 Å². The Labute approximate surface area is 94.1 Å². The summed E-state index contributed by atoms with van der Waals surface area (Å²) >= 11 is 3.23. The van der Waals surface area contributed by atoms with Crippen LogP contribution in [0.4, 0.5) is 4.39 Å². The molecule has 5 heteroatoms. The van der Waals surface area contributed by atoms with E-state index in [1.54, 1.807) is 12.1 Å². The lowest BCUT2D eigenvalue weighted by Gasteiger charge is -2.05. The molecule has 0 bridgehead atoms. The Bertz CT molecular complexity index is 464. The van der Waals surface area contributed by atoms with E-state index in [0.29, 0.717) is 5.88 Å². The van der Waals surface area contributed by atoms with Gasteiger partial charge in [-0.3, -0.25) is 0 Å². The van der Waals surface area contributed by atoms with Gasteiger partial charge in [0.15, 0.2) is 11.6 Å². The van der Waals surface area contributed by atoms with Gasteiger partial charge in [-0.15, -0.1) is 0 Å². The van der Waals surface area contributed by atoms with Gasteiger partial charge >= 0.3 is 0 Å². The Kier molecular flexibility index (Phi) is 2.91. The summed E-state index contributed by atoms with van der Waals surface area (Å²) in [7, 11) is 0. The Morgan fingerprint density at radius 3 is 2.87 bits per heavy atom. The monoisotopic (exact) mass is 268 g/mol. The van der Waals surface area contributed by atoms with Crippen molar-refractivity contribution >= 4 is 15.9 Å². The van der Waals surface area contributed by atoms with Crippen molar-refractivity contribution in [1.29, 1.82) is 0 Å². The third-order valence-electron chi connectivity index (χ3n) is 1.66. The standard InChI is InChI=1S/C10H6BrFN2O/c11-7-1-2-8(12)9(5-7)15-10-3-4-13-6-14-10/h1-6H. The molecule has 0 atom stereocenters. The molecule has 2 aromatic rings. The number of hydrogen-bond donors (Lipinski definition) is 0. The van der Waals surface area contributed by atoms with Crippen LogP contribution in [0.5, 0.6) is 11.6 Å². The van der Waals surface area contributed by atoms with Gasteiger partial charge < -0.3 is 4.74 Å². The average molecular weight is 269 g/mol. The van der Waals surface area contributed by atoms with Crippen molar-refractivity contribution in [2.24, 2.45) is 0 Å². The van der Waals surface area contributed by atoms with Crippen LogP contribution in [0.25, 0.3) is 0 Å². The first-order valence-corrected chi connectivity index (χ1v) is 4.94. The predicted molar refractivity (Wildman–Crippen MR) is 56.2 cm³/mol. The highest BCUT2D eigenvalue weighted by Gasteiger charge is 2.05. The molecule has 0 aliphatic carbocycles. The molecule has 1 heterocycles. The van der Waals surface area contributed by atoms with Crippen LogP contribution in [-0.4, -0.2) is 9.97 Å². The Morgan fingerprint density at radius 2 is 2.13 bits per heavy atom. The summed E-state index contributed by atoms with van der Waals surface area (Å²) in [4.78, 5) is 7.56. The zero-order valence-corrected chi connectivity index (χ0v) is 9.11. The van der Waals surface area contributed by atoms with E-state index in [4.69, 9.17) is 4.74 Å². The van der Waals surface area contributed by atoms with Gasteiger partial charge in [-0.1, -0.05) is 15.9 Å². The molecule has 0 saturated heterocycles. The van der Waals surface area contributed by atoms with Gasteiger partial charge in [-0.05, 0) is 18.2 Å². The van der Waals surface area contributed by atoms with Crippen LogP contribution in [0, 0.1) is 5.82 Å². The minimum absolute atomic E-state index is 0.128. The number of ether oxygens (including phenoxy) is 1. The van der Waals surface area contributed by atoms with Crippen LogP contribution in [0.3, 0.4) is 0 Å². The smallest absolute Gasteiger partial charge is 0.222 e. The number of rotatable bonds is 2. The van der Waals surface area contributed by atoms with Crippen molar-refractivity contribution in [2.75, 3.05) is 0 Å². The van der Waals surface area contributed by atoms with E-state index >= 15 is 0 Å². The van der Waals surface area contributed by atoms with E-state index in [1.807, 2.05) is 0 Å². The lowest BCUT2D eigenvalue weighted by molar-refractivity contribution is 0.426. The highest BCUT2D eigenvalue weighted by Crippen LogP contribution is 2.25. The summed E-state index contributed by atoms with van der Waals surface area (Å²) in [5, 5.41) is 0. The summed E-state index contributed by atoms with van der Waals surface area (Å²) in [6, 6.07) is 6.01. The molecule has 2 rings (SSSR count). The van der Waals surface area contributed by atoms with Gasteiger partial charge in [0.05, 0.1) is 0 Å². The van der Waals surface area contributed by atoms with Crippen LogP contribution in [0.1, 0.15) is 0 Å². The summed E-state index contributed by atoms with van der Waals surface area (Å²) in [6.07, 6.45) is 2.86. The Morgan fingerprint density at radius 1 is 1.27 bits per heavy atom. The lowest BCUT2D eigenvalue weighted by Crippen LogP contribution is -1.90. The average Bonchev–Trinajstić information content (AvgIpc) is 2.25. The first-order valence-electron chi connectivity index (χ1n) is 4.14. The minimum Gasteiger partial charge on any atom is -0.436 e. The van der Waals surface area contributed by atoms with Crippen molar-refractivity contribution in [1.82, 2.24) is 9.97 Å². The zero-order valence-electron chi connectivity index (χ0n) is 7.52. The van der Waals surface area contributed by atoms with Gasteiger partial charge in [0, 0.05) is 16.7 Å². The molecule has 1 aromatic heterocycles. The van der Waals surface area contributed by atoms with Crippen LogP contribution in [-0.2, 0) is 0 Å². The zero-order chi connectivity index (χ0) is 10.7. The van der Waals surface area contributed by atoms with E-state index in [1.165, 1.54) is 24.7 Å². The maximum atomic E-state index is 13.3. The molecule has 0 radical (unpaired) electrons. The maximum Gasteiger partial charge on any atom is 0.222 e. The second-order valence-electron chi connectivity index (χ2n) is 2.72. The molecule has 0 aliphatic heterocycles. The molecule has 0 fully saturated rings. The second-order valence-corrected chi connectivity index (χ2v) is 3.64. The fourth-order valence-corrected chi connectivity index (χ4v) is 1.35. The van der Waals surface area contributed by atoms with Crippen LogP contribution in [0.2, 0.25) is 0 Å². The van der Waals surface area contributed by atoms with E-state index in [9.17, 15) is 4.39 Å². The second kappa shape index (κ2) is 4.35. The Hall–Kier alpha value is -1.49. The van der Waals surface area contributed by atoms with E-state index < -0.39 is 5.82 Å². The Balaban J connectivity index is 2.28. The molecule has 0 amide bonds. The number of halogens is 2. The number of aromatic nitrogens is 2. The highest BCUT2D eigenvalue weighted by molar-refractivity contribution is 9.10. The fraction of sp³-hybridized carbons (Fsp3) is 0. The van der Waals surface area contributed by atoms with Gasteiger partial charge in [-0.2, -0.15) is 0 Å². The largest absolute Gasteiger partial charge is 0.436 e. The fourth-order valence-electron chi connectivity index (χ4n) is 1.01. The number of hydrogen-bond acceptors (Lipinski definition) is 3. The minimum atomic E-state index is -0.434. The summed E-state index contributed by atoms with van der Waals surface area (Å²) in [6.45, 7) is 0. The first-order chi connectivity index (χ1) is 7.25. The first kappa shape index (κ1) is 10.0. The van der Waals surface area contributed by atoms with Crippen molar-refractivity contribution in [3.05, 3.63) is 47.1 Å². The van der Waals surface area contributed by atoms with Gasteiger partial charge in [0.25, 0.3) is 0 Å². The number of nitrogens with zero attached hydrogens (tertiary/aromatic N) is 2. The van der Waals surface area contributed by atoms with Crippen LogP contribution >= 0.6 is 15.9 Å². The number of benzene rings is 1. The quantitative estimate of drug-likeness (QED) is 0.839. The highest BCUT2D eigenvalue weighted by atomic mass is 79.9. The molecule has 0 aliphatic rings. The molecule has 1 aromatic carbocycles. The molecule has 0 spiro atoms. The molecular weight excluding hydrogens is 263 g/mol. The molecule has 76 valence electrons. The van der Waals surface area contributed by atoms with Crippen molar-refractivity contribution in [3.63, 3.8) is 0 Å². The van der Waals surface area contributed by atoms with E-state index in [0.717, 1.165) is 4.47 Å². The SMILES string of the molecule is Fc1ccc(Br)cc1Oc1ccncn1. The van der Waals surface area contributed by atoms with Crippen LogP contribution < -0.4 is 4.74 Å². The molecule has 0 N–H and O–H groups in total. The van der Waals surface area contributed by atoms with Crippen molar-refractivity contribution in [2.45, 2.75) is 0 Å². The summed E-state index contributed by atoms with van der Waals surface area (Å²) in [5.41, 5.74) is 0. The van der Waals surface area contributed by atoms with E-state index in [-0.39, 0.29) is 5.75 Å². The van der Waals surface area contributed by atoms with E-state index in [2.05, 4.69) is 25.9 Å². The van der Waals surface area contributed by atoms with Gasteiger partial charge in [0.1, 0.15) is 6.33 Å². The molecule has 15 heavy (non-hydrogen) atoms. The third kappa shape index (κ3) is 2.50. The maximum absolute atomic E-state index is 13.3. The van der Waals surface area contributed by atoms with Gasteiger partial charge in [0.2, 0.25) is 5.88 Å². The molecule has 0 saturated carbocycles. The van der Waals surface area contributed by atoms with Crippen LogP contribution in [0.15, 0.2) is 41.3 Å². The molecule has 3 nitrogen and oxygen atoms in total. The molecule has 0 unspecified atom stereocenters. The molecular formula is C10H6BrFN2O. The third-order valence-corrected chi connectivity index (χ3v) is 2.16. The topological polar surface area (TPSA) is 35.0 Å². The predicted octanol–water partition coefficient (Wildman–Crippen LogP) is 3.17. The lowest BCUT2D eigenvalue weighted by atomic mass is 10.3. The summed E-state index contributed by atoms with van der Waals surface area (Å²) < 4.78 is 19.2. The normalized spacial score (nSPS) is 10.0. The summed E-state index contributed by atoms with van der Waals surface area (Å²) in [5.74, 6) is 0.00175. The van der Waals surface area contributed by atoms with Crippen molar-refractivity contribution in [3.8, 4) is 11.6 Å².